The molecule has 1 aromatic rings. The summed E-state index contributed by atoms with van der Waals surface area (Å²) in [5.74, 6) is -1.22. The molecule has 0 aromatic heterocycles. The summed E-state index contributed by atoms with van der Waals surface area (Å²) in [6.07, 6.45) is 0. The lowest BCUT2D eigenvalue weighted by Gasteiger charge is -2.10. The molecule has 0 aliphatic carbocycles. The molecule has 1 atom stereocenters. The number of carbonyl (C=O) groups is 1. The fraction of sp³-hybridized carbons (Fsp3) is 0.462. The Balaban J connectivity index is 2.64. The first-order valence-corrected chi connectivity index (χ1v) is 5.55. The second-order valence-corrected chi connectivity index (χ2v) is 4.34. The van der Waals surface area contributed by atoms with Crippen molar-refractivity contribution in [3.8, 4) is 0 Å². The van der Waals surface area contributed by atoms with Gasteiger partial charge in [0.15, 0.2) is 0 Å². The number of aliphatic carboxylic acids is 1. The molecule has 0 saturated heterocycles. The first-order chi connectivity index (χ1) is 7.50. The number of carboxylic acids is 1. The van der Waals surface area contributed by atoms with Gasteiger partial charge in [0, 0.05) is 12.6 Å². The molecular weight excluding hydrogens is 202 g/mol. The number of hydrogen-bond donors (Lipinski definition) is 2. The van der Waals surface area contributed by atoms with Crippen LogP contribution in [0.4, 0.5) is 0 Å². The van der Waals surface area contributed by atoms with Gasteiger partial charge in [-0.25, -0.2) is 0 Å². The lowest BCUT2D eigenvalue weighted by atomic mass is 10.00. The second-order valence-electron chi connectivity index (χ2n) is 4.34. The minimum atomic E-state index is -0.784. The lowest BCUT2D eigenvalue weighted by molar-refractivity contribution is -0.138. The van der Waals surface area contributed by atoms with Gasteiger partial charge in [-0.3, -0.25) is 4.79 Å². The van der Waals surface area contributed by atoms with Crippen LogP contribution in [0, 0.1) is 0 Å². The van der Waals surface area contributed by atoms with Crippen LogP contribution in [0.15, 0.2) is 24.3 Å². The van der Waals surface area contributed by atoms with E-state index in [4.69, 9.17) is 5.11 Å². The number of carboxylic acid groups (broad SMARTS) is 1. The summed E-state index contributed by atoms with van der Waals surface area (Å²) in [5.41, 5.74) is 2.02. The highest BCUT2D eigenvalue weighted by molar-refractivity contribution is 5.75. The predicted molar refractivity (Wildman–Crippen MR) is 64.5 cm³/mol. The number of rotatable bonds is 5. The number of hydrogen-bond acceptors (Lipinski definition) is 2. The fourth-order valence-electron chi connectivity index (χ4n) is 1.39. The minimum absolute atomic E-state index is 0.438. The Morgan fingerprint density at radius 3 is 2.25 bits per heavy atom. The Morgan fingerprint density at radius 2 is 1.81 bits per heavy atom. The zero-order valence-electron chi connectivity index (χ0n) is 10.0. The average molecular weight is 221 g/mol. The summed E-state index contributed by atoms with van der Waals surface area (Å²) < 4.78 is 0. The van der Waals surface area contributed by atoms with Gasteiger partial charge in [0.1, 0.15) is 0 Å². The molecule has 0 spiro atoms. The van der Waals surface area contributed by atoms with Crippen LogP contribution in [0.1, 0.15) is 37.8 Å². The first kappa shape index (κ1) is 12.7. The van der Waals surface area contributed by atoms with E-state index in [1.165, 1.54) is 5.56 Å². The summed E-state index contributed by atoms with van der Waals surface area (Å²) >= 11 is 0. The van der Waals surface area contributed by atoms with E-state index in [0.717, 1.165) is 12.1 Å². The van der Waals surface area contributed by atoms with Gasteiger partial charge in [0.2, 0.25) is 0 Å². The molecule has 0 saturated carbocycles. The van der Waals surface area contributed by atoms with Crippen LogP contribution in [0.2, 0.25) is 0 Å². The predicted octanol–water partition coefficient (Wildman–Crippen LogP) is 2.37. The Kier molecular flexibility index (Phi) is 4.50. The average Bonchev–Trinajstić information content (AvgIpc) is 2.26. The highest BCUT2D eigenvalue weighted by Gasteiger charge is 2.12. The topological polar surface area (TPSA) is 49.3 Å². The highest BCUT2D eigenvalue weighted by Crippen LogP contribution is 2.15. The molecule has 1 rings (SSSR count). The van der Waals surface area contributed by atoms with Crippen molar-refractivity contribution in [3.63, 3.8) is 0 Å². The van der Waals surface area contributed by atoms with Crippen molar-refractivity contribution in [3.05, 3.63) is 35.4 Å². The summed E-state index contributed by atoms with van der Waals surface area (Å²) in [6.45, 7) is 6.71. The van der Waals surface area contributed by atoms with Gasteiger partial charge in [-0.15, -0.1) is 0 Å². The van der Waals surface area contributed by atoms with Gasteiger partial charge in [-0.1, -0.05) is 38.1 Å². The Hall–Kier alpha value is -1.35. The Morgan fingerprint density at radius 1 is 1.25 bits per heavy atom. The maximum atomic E-state index is 10.8. The van der Waals surface area contributed by atoms with Gasteiger partial charge < -0.3 is 10.4 Å². The van der Waals surface area contributed by atoms with Crippen LogP contribution in [0.25, 0.3) is 0 Å². The standard InChI is InChI=1S/C13H19NO2/c1-9(2)14-8-11-4-6-12(7-5-11)10(3)13(15)16/h4-7,9-10,14H,8H2,1-3H3,(H,15,16). The third-order valence-corrected chi connectivity index (χ3v) is 2.56. The molecular formula is C13H19NO2. The molecule has 3 heteroatoms. The van der Waals surface area contributed by atoms with Gasteiger partial charge in [-0.2, -0.15) is 0 Å². The highest BCUT2D eigenvalue weighted by atomic mass is 16.4. The first-order valence-electron chi connectivity index (χ1n) is 5.55. The molecule has 1 unspecified atom stereocenters. The summed E-state index contributed by atoms with van der Waals surface area (Å²) in [7, 11) is 0. The number of nitrogens with one attached hydrogen (secondary N) is 1. The zero-order valence-corrected chi connectivity index (χ0v) is 10.0. The van der Waals surface area contributed by atoms with Gasteiger partial charge in [0.25, 0.3) is 0 Å². The lowest BCUT2D eigenvalue weighted by Crippen LogP contribution is -2.21. The van der Waals surface area contributed by atoms with E-state index >= 15 is 0 Å². The van der Waals surface area contributed by atoms with Crippen molar-refractivity contribution in [2.75, 3.05) is 0 Å². The minimum Gasteiger partial charge on any atom is -0.481 e. The molecule has 0 amide bonds. The molecule has 0 aliphatic heterocycles. The van der Waals surface area contributed by atoms with E-state index in [9.17, 15) is 4.79 Å². The van der Waals surface area contributed by atoms with Crippen molar-refractivity contribution < 1.29 is 9.90 Å². The summed E-state index contributed by atoms with van der Waals surface area (Å²) in [5, 5.41) is 12.2. The molecule has 16 heavy (non-hydrogen) atoms. The van der Waals surface area contributed by atoms with Crippen LogP contribution < -0.4 is 5.32 Å². The Labute approximate surface area is 96.5 Å². The van der Waals surface area contributed by atoms with Crippen molar-refractivity contribution in [2.24, 2.45) is 0 Å². The largest absolute Gasteiger partial charge is 0.481 e. The van der Waals surface area contributed by atoms with Gasteiger partial charge in [0.05, 0.1) is 5.92 Å². The van der Waals surface area contributed by atoms with Crippen LogP contribution in [0.5, 0.6) is 0 Å². The summed E-state index contributed by atoms with van der Waals surface area (Å²) in [4.78, 5) is 10.8. The van der Waals surface area contributed by atoms with E-state index in [-0.39, 0.29) is 0 Å². The smallest absolute Gasteiger partial charge is 0.310 e. The van der Waals surface area contributed by atoms with Gasteiger partial charge in [-0.05, 0) is 18.1 Å². The van der Waals surface area contributed by atoms with E-state index in [1.54, 1.807) is 6.92 Å². The van der Waals surface area contributed by atoms with E-state index in [2.05, 4.69) is 19.2 Å². The van der Waals surface area contributed by atoms with Crippen LogP contribution in [-0.2, 0) is 11.3 Å². The third-order valence-electron chi connectivity index (χ3n) is 2.56. The van der Waals surface area contributed by atoms with Crippen molar-refractivity contribution >= 4 is 5.97 Å². The molecule has 1 aromatic carbocycles. The fourth-order valence-corrected chi connectivity index (χ4v) is 1.39. The van der Waals surface area contributed by atoms with E-state index in [1.807, 2.05) is 24.3 Å². The normalized spacial score (nSPS) is 12.8. The molecule has 0 bridgehead atoms. The van der Waals surface area contributed by atoms with Gasteiger partial charge >= 0.3 is 5.97 Å². The molecule has 88 valence electrons. The van der Waals surface area contributed by atoms with E-state index in [0.29, 0.717) is 6.04 Å². The third kappa shape index (κ3) is 3.66. The van der Waals surface area contributed by atoms with Crippen molar-refractivity contribution in [2.45, 2.75) is 39.3 Å². The van der Waals surface area contributed by atoms with E-state index < -0.39 is 11.9 Å². The molecule has 0 radical (unpaired) electrons. The maximum absolute atomic E-state index is 10.8. The monoisotopic (exact) mass is 221 g/mol. The van der Waals surface area contributed by atoms with Crippen LogP contribution in [0.3, 0.4) is 0 Å². The number of benzene rings is 1. The maximum Gasteiger partial charge on any atom is 0.310 e. The second kappa shape index (κ2) is 5.66. The van der Waals surface area contributed by atoms with Crippen LogP contribution >= 0.6 is 0 Å². The molecule has 3 nitrogen and oxygen atoms in total. The molecule has 0 fully saturated rings. The van der Waals surface area contributed by atoms with Crippen LogP contribution in [-0.4, -0.2) is 17.1 Å². The quantitative estimate of drug-likeness (QED) is 0.802. The molecule has 2 N–H and O–H groups in total. The zero-order chi connectivity index (χ0) is 12.1. The molecule has 0 heterocycles. The summed E-state index contributed by atoms with van der Waals surface area (Å²) in [6, 6.07) is 8.18. The molecule has 0 aliphatic rings. The van der Waals surface area contributed by atoms with Crippen molar-refractivity contribution in [1.29, 1.82) is 0 Å². The Bertz CT molecular complexity index is 343. The SMILES string of the molecule is CC(C)NCc1ccc(C(C)C(=O)O)cc1. The van der Waals surface area contributed by atoms with Crippen molar-refractivity contribution in [1.82, 2.24) is 5.32 Å².